The largest absolute Gasteiger partial charge is 0.478 e. The smallest absolute Gasteiger partial charge is 0.337 e. The van der Waals surface area contributed by atoms with E-state index < -0.39 is 5.97 Å². The Labute approximate surface area is 195 Å². The van der Waals surface area contributed by atoms with Crippen LogP contribution in [0.4, 0.5) is 0 Å². The number of nitrogens with zero attached hydrogens (tertiary/aromatic N) is 6. The third-order valence-corrected chi connectivity index (χ3v) is 4.52. The van der Waals surface area contributed by atoms with Gasteiger partial charge in [0.25, 0.3) is 5.91 Å². The quantitative estimate of drug-likeness (QED) is 0.293. The molecule has 0 fully saturated rings. The third-order valence-electron chi connectivity index (χ3n) is 4.52. The van der Waals surface area contributed by atoms with Crippen molar-refractivity contribution in [2.45, 2.75) is 6.54 Å². The Kier molecular flexibility index (Phi) is 9.64. The molecule has 1 amide bonds. The summed E-state index contributed by atoms with van der Waals surface area (Å²) < 4.78 is 19.6. The van der Waals surface area contributed by atoms with Gasteiger partial charge in [-0.05, 0) is 12.1 Å². The van der Waals surface area contributed by atoms with E-state index in [0.29, 0.717) is 69.7 Å². The summed E-state index contributed by atoms with van der Waals surface area (Å²) >= 11 is 0. The molecule has 13 heteroatoms. The van der Waals surface area contributed by atoms with Crippen LogP contribution in [0.5, 0.6) is 0 Å². The van der Waals surface area contributed by atoms with Gasteiger partial charge in [0.15, 0.2) is 0 Å². The highest BCUT2D eigenvalue weighted by Crippen LogP contribution is 2.13. The van der Waals surface area contributed by atoms with Crippen molar-refractivity contribution in [3.8, 4) is 11.4 Å². The highest BCUT2D eigenvalue weighted by Gasteiger charge is 2.08. The van der Waals surface area contributed by atoms with Gasteiger partial charge in [0.2, 0.25) is 0 Å². The molecule has 0 saturated carbocycles. The van der Waals surface area contributed by atoms with Gasteiger partial charge < -0.3 is 24.6 Å². The fourth-order valence-corrected chi connectivity index (χ4v) is 2.77. The van der Waals surface area contributed by atoms with Crippen molar-refractivity contribution in [1.82, 2.24) is 35.1 Å². The van der Waals surface area contributed by atoms with E-state index in [1.54, 1.807) is 34.9 Å². The van der Waals surface area contributed by atoms with Crippen molar-refractivity contribution < 1.29 is 28.9 Å². The van der Waals surface area contributed by atoms with Crippen molar-refractivity contribution in [3.05, 3.63) is 48.0 Å². The minimum absolute atomic E-state index is 0.114. The molecule has 0 atom stereocenters. The number of aromatic nitrogens is 6. The van der Waals surface area contributed by atoms with E-state index in [-0.39, 0.29) is 11.5 Å². The lowest BCUT2D eigenvalue weighted by Crippen LogP contribution is -2.27. The topological polar surface area (TPSA) is 156 Å². The van der Waals surface area contributed by atoms with Crippen molar-refractivity contribution >= 4 is 11.9 Å². The number of aromatic carboxylic acids is 1. The molecule has 3 aromatic rings. The van der Waals surface area contributed by atoms with Crippen LogP contribution in [0.3, 0.4) is 0 Å². The van der Waals surface area contributed by atoms with Crippen LogP contribution < -0.4 is 5.32 Å². The zero-order chi connectivity index (χ0) is 24.2. The number of aryl methyl sites for hydroxylation is 1. The van der Waals surface area contributed by atoms with Gasteiger partial charge in [-0.15, -0.1) is 5.10 Å². The van der Waals surface area contributed by atoms with Crippen LogP contribution in [0, 0.1) is 0 Å². The molecule has 0 aliphatic heterocycles. The molecule has 0 radical (unpaired) electrons. The van der Waals surface area contributed by atoms with E-state index in [4.69, 9.17) is 19.3 Å². The maximum Gasteiger partial charge on any atom is 0.337 e. The molecule has 0 spiro atoms. The summed E-state index contributed by atoms with van der Waals surface area (Å²) in [5, 5.41) is 23.7. The highest BCUT2D eigenvalue weighted by atomic mass is 16.5. The monoisotopic (exact) mass is 473 g/mol. The molecule has 0 aliphatic rings. The second-order valence-corrected chi connectivity index (χ2v) is 7.10. The Morgan fingerprint density at radius 3 is 2.32 bits per heavy atom. The Hall–Kier alpha value is -3.68. The zero-order valence-corrected chi connectivity index (χ0v) is 18.8. The van der Waals surface area contributed by atoms with Gasteiger partial charge in [-0.25, -0.2) is 9.48 Å². The Morgan fingerprint density at radius 2 is 1.68 bits per heavy atom. The van der Waals surface area contributed by atoms with Crippen molar-refractivity contribution in [2.75, 3.05) is 46.2 Å². The van der Waals surface area contributed by atoms with Crippen LogP contribution in [0.2, 0.25) is 0 Å². The summed E-state index contributed by atoms with van der Waals surface area (Å²) in [7, 11) is 1.75. The number of pyridine rings is 1. The number of nitrogens with one attached hydrogen (secondary N) is 1. The highest BCUT2D eigenvalue weighted by molar-refractivity contribution is 5.93. The number of carboxylic acid groups (broad SMARTS) is 1. The first-order chi connectivity index (χ1) is 16.5. The predicted octanol–water partition coefficient (Wildman–Crippen LogP) is 0.252. The zero-order valence-electron chi connectivity index (χ0n) is 18.8. The molecule has 34 heavy (non-hydrogen) atoms. The van der Waals surface area contributed by atoms with Gasteiger partial charge in [0, 0.05) is 26.0 Å². The first-order valence-electron chi connectivity index (χ1n) is 10.6. The van der Waals surface area contributed by atoms with Crippen molar-refractivity contribution in [3.63, 3.8) is 0 Å². The van der Waals surface area contributed by atoms with Crippen LogP contribution in [0.15, 0.2) is 36.9 Å². The first kappa shape index (κ1) is 25.0. The van der Waals surface area contributed by atoms with E-state index in [9.17, 15) is 9.59 Å². The molecule has 0 aliphatic carbocycles. The van der Waals surface area contributed by atoms with Crippen molar-refractivity contribution in [1.29, 1.82) is 0 Å². The standard InChI is InChI=1S/C21H27N7O6/c1-27-14-17(13-24-27)20(29)22-4-6-32-8-10-34-11-9-33-7-5-28-15-19(25-26-28)18-3-2-16(12-23-18)21(30)31/h2-3,12-15H,4-11H2,1H3,(H,22,29)(H,30,31). The molecule has 182 valence electrons. The number of carbonyl (C=O) groups is 2. The summed E-state index contributed by atoms with van der Waals surface area (Å²) in [6.45, 7) is 3.46. The van der Waals surface area contributed by atoms with Gasteiger partial charge in [0.1, 0.15) is 5.69 Å². The van der Waals surface area contributed by atoms with E-state index in [2.05, 4.69) is 25.7 Å². The molecule has 0 bridgehead atoms. The van der Waals surface area contributed by atoms with Crippen LogP contribution >= 0.6 is 0 Å². The van der Waals surface area contributed by atoms with E-state index in [1.807, 2.05) is 0 Å². The number of hydrogen-bond acceptors (Lipinski definition) is 9. The minimum Gasteiger partial charge on any atom is -0.478 e. The summed E-state index contributed by atoms with van der Waals surface area (Å²) in [5.41, 5.74) is 1.73. The molecule has 3 rings (SSSR count). The maximum atomic E-state index is 11.8. The number of hydrogen-bond donors (Lipinski definition) is 2. The first-order valence-corrected chi connectivity index (χ1v) is 10.6. The fraction of sp³-hybridized carbons (Fsp3) is 0.429. The summed E-state index contributed by atoms with van der Waals surface area (Å²) in [6.07, 6.45) is 6.17. The number of carbonyl (C=O) groups excluding carboxylic acids is 1. The molecule has 0 unspecified atom stereocenters. The fourth-order valence-electron chi connectivity index (χ4n) is 2.77. The maximum absolute atomic E-state index is 11.8. The van der Waals surface area contributed by atoms with E-state index in [1.165, 1.54) is 18.5 Å². The number of rotatable bonds is 15. The molecular weight excluding hydrogens is 446 g/mol. The SMILES string of the molecule is Cn1cc(C(=O)NCCOCCOCCOCCn2cc(-c3ccc(C(=O)O)cn3)nn2)cn1. The molecule has 0 aromatic carbocycles. The second kappa shape index (κ2) is 13.1. The van der Waals surface area contributed by atoms with Gasteiger partial charge in [-0.2, -0.15) is 5.10 Å². The van der Waals surface area contributed by atoms with Crippen molar-refractivity contribution in [2.24, 2.45) is 7.05 Å². The Bertz CT molecular complexity index is 1050. The molecule has 3 heterocycles. The number of ether oxygens (including phenoxy) is 3. The van der Waals surface area contributed by atoms with Gasteiger partial charge in [-0.1, -0.05) is 5.21 Å². The van der Waals surface area contributed by atoms with Gasteiger partial charge >= 0.3 is 5.97 Å². The third kappa shape index (κ3) is 8.03. The number of amides is 1. The molecule has 13 nitrogen and oxygen atoms in total. The predicted molar refractivity (Wildman–Crippen MR) is 118 cm³/mol. The Balaban J connectivity index is 1.17. The molecule has 2 N–H and O–H groups in total. The van der Waals surface area contributed by atoms with E-state index >= 15 is 0 Å². The van der Waals surface area contributed by atoms with Crippen LogP contribution in [-0.2, 0) is 27.8 Å². The van der Waals surface area contributed by atoms with Crippen LogP contribution in [-0.4, -0.2) is 92.9 Å². The summed E-state index contributed by atoms with van der Waals surface area (Å²) in [5.74, 6) is -1.21. The minimum atomic E-state index is -1.03. The molecular formula is C21H27N7O6. The normalized spacial score (nSPS) is 11.0. The lowest BCUT2D eigenvalue weighted by Gasteiger charge is -2.07. The average Bonchev–Trinajstić information content (AvgIpc) is 3.49. The summed E-state index contributed by atoms with van der Waals surface area (Å²) in [6, 6.07) is 3.06. The second-order valence-electron chi connectivity index (χ2n) is 7.10. The lowest BCUT2D eigenvalue weighted by molar-refractivity contribution is 0.0133. The van der Waals surface area contributed by atoms with Gasteiger partial charge in [-0.3, -0.25) is 14.5 Å². The Morgan fingerprint density at radius 1 is 0.941 bits per heavy atom. The number of carboxylic acids is 1. The lowest BCUT2D eigenvalue weighted by atomic mass is 10.2. The average molecular weight is 473 g/mol. The summed E-state index contributed by atoms with van der Waals surface area (Å²) in [4.78, 5) is 26.8. The van der Waals surface area contributed by atoms with Gasteiger partial charge in [0.05, 0.1) is 75.4 Å². The van der Waals surface area contributed by atoms with E-state index in [0.717, 1.165) is 0 Å². The molecule has 0 saturated heterocycles. The van der Waals surface area contributed by atoms with Crippen LogP contribution in [0.25, 0.3) is 11.4 Å². The van der Waals surface area contributed by atoms with Crippen LogP contribution in [0.1, 0.15) is 20.7 Å². The molecule has 3 aromatic heterocycles.